The van der Waals surface area contributed by atoms with Crippen LogP contribution in [0.5, 0.6) is 0 Å². The SMILES string of the molecule is CCCCCCCCC(O)C(O)CCCCCCCCNC(=O)c1ccc(CO)c(NS(=O)(=O)c2sc(NC(C)=O)nc2C)c1. The Morgan fingerprint density at radius 3 is 2.07 bits per heavy atom. The largest absolute Gasteiger partial charge is 0.392 e. The number of amides is 2. The van der Waals surface area contributed by atoms with Crippen LogP contribution in [0.3, 0.4) is 0 Å². The molecule has 0 aliphatic rings. The molecule has 2 atom stereocenters. The van der Waals surface area contributed by atoms with Gasteiger partial charge in [0.05, 0.1) is 30.2 Å². The van der Waals surface area contributed by atoms with Crippen molar-refractivity contribution in [1.29, 1.82) is 0 Å². The Labute approximate surface area is 272 Å². The van der Waals surface area contributed by atoms with E-state index in [-0.39, 0.29) is 38.1 Å². The number of aryl methyl sites for hydroxylation is 1. The number of hydrogen-bond acceptors (Lipinski definition) is 9. The number of anilines is 2. The molecule has 0 aliphatic carbocycles. The number of aliphatic hydroxyl groups is 3. The lowest BCUT2D eigenvalue weighted by molar-refractivity contribution is -0.114. The topological polar surface area (TPSA) is 178 Å². The second kappa shape index (κ2) is 20.5. The summed E-state index contributed by atoms with van der Waals surface area (Å²) in [6.07, 6.45) is 12.6. The summed E-state index contributed by atoms with van der Waals surface area (Å²) in [6.45, 7) is 5.04. The van der Waals surface area contributed by atoms with Crippen molar-refractivity contribution in [2.24, 2.45) is 0 Å². The highest BCUT2D eigenvalue weighted by Gasteiger charge is 2.24. The Morgan fingerprint density at radius 2 is 1.49 bits per heavy atom. The zero-order valence-electron chi connectivity index (χ0n) is 26.9. The van der Waals surface area contributed by atoms with Crippen LogP contribution in [-0.4, -0.2) is 59.3 Å². The average Bonchev–Trinajstić information content (AvgIpc) is 3.37. The number of unbranched alkanes of at least 4 members (excludes halogenated alkanes) is 10. The summed E-state index contributed by atoms with van der Waals surface area (Å²) in [5, 5.41) is 35.6. The number of benzene rings is 1. The van der Waals surface area contributed by atoms with Crippen LogP contribution < -0.4 is 15.4 Å². The molecule has 6 N–H and O–H groups in total. The van der Waals surface area contributed by atoms with E-state index in [0.29, 0.717) is 24.9 Å². The number of carbonyl (C=O) groups is 2. The van der Waals surface area contributed by atoms with E-state index in [1.807, 2.05) is 0 Å². The summed E-state index contributed by atoms with van der Waals surface area (Å²) in [7, 11) is -4.10. The van der Waals surface area contributed by atoms with Crippen molar-refractivity contribution in [3.8, 4) is 0 Å². The quantitative estimate of drug-likeness (QED) is 0.0825. The normalized spacial score (nSPS) is 12.9. The summed E-state index contributed by atoms with van der Waals surface area (Å²) in [4.78, 5) is 28.2. The molecular weight excluding hydrogens is 617 g/mol. The zero-order valence-corrected chi connectivity index (χ0v) is 28.6. The van der Waals surface area contributed by atoms with Crippen molar-refractivity contribution in [2.75, 3.05) is 16.6 Å². The Bertz CT molecular complexity index is 1300. The van der Waals surface area contributed by atoms with Gasteiger partial charge in [0.15, 0.2) is 9.34 Å². The van der Waals surface area contributed by atoms with Gasteiger partial charge in [0.25, 0.3) is 15.9 Å². The van der Waals surface area contributed by atoms with Crippen molar-refractivity contribution in [3.05, 3.63) is 35.0 Å². The van der Waals surface area contributed by atoms with Crippen LogP contribution in [0.15, 0.2) is 22.4 Å². The van der Waals surface area contributed by atoms with Crippen molar-refractivity contribution in [3.63, 3.8) is 0 Å². The van der Waals surface area contributed by atoms with Crippen LogP contribution in [0.4, 0.5) is 10.8 Å². The van der Waals surface area contributed by atoms with E-state index in [1.165, 1.54) is 57.7 Å². The maximum Gasteiger partial charge on any atom is 0.273 e. The van der Waals surface area contributed by atoms with Crippen molar-refractivity contribution in [2.45, 2.75) is 134 Å². The van der Waals surface area contributed by atoms with E-state index in [4.69, 9.17) is 0 Å². The molecule has 0 radical (unpaired) electrons. The molecule has 0 aliphatic heterocycles. The molecule has 0 fully saturated rings. The predicted octanol–water partition coefficient (Wildman–Crippen LogP) is 5.64. The van der Waals surface area contributed by atoms with Gasteiger partial charge < -0.3 is 26.0 Å². The molecule has 0 spiro atoms. The van der Waals surface area contributed by atoms with E-state index < -0.39 is 28.8 Å². The molecule has 0 bridgehead atoms. The zero-order chi connectivity index (χ0) is 33.2. The molecule has 2 unspecified atom stereocenters. The lowest BCUT2D eigenvalue weighted by atomic mass is 9.99. The van der Waals surface area contributed by atoms with Crippen LogP contribution >= 0.6 is 11.3 Å². The van der Waals surface area contributed by atoms with Crippen LogP contribution in [0.25, 0.3) is 0 Å². The first kappa shape index (κ1) is 38.6. The Morgan fingerprint density at radius 1 is 0.911 bits per heavy atom. The molecule has 1 aromatic carbocycles. The lowest BCUT2D eigenvalue weighted by Crippen LogP contribution is -2.25. The van der Waals surface area contributed by atoms with Gasteiger partial charge in [-0.25, -0.2) is 13.4 Å². The predicted molar refractivity (Wildman–Crippen MR) is 179 cm³/mol. The smallest absolute Gasteiger partial charge is 0.273 e. The third-order valence-electron chi connectivity index (χ3n) is 7.58. The number of hydrogen-bond donors (Lipinski definition) is 6. The number of carbonyl (C=O) groups excluding carboxylic acids is 2. The summed E-state index contributed by atoms with van der Waals surface area (Å²) in [6, 6.07) is 4.42. The number of rotatable bonds is 23. The second-order valence-corrected chi connectivity index (χ2v) is 14.4. The van der Waals surface area contributed by atoms with Crippen LogP contribution in [0.1, 0.15) is 125 Å². The summed E-state index contributed by atoms with van der Waals surface area (Å²) >= 11 is 0.810. The fourth-order valence-electron chi connectivity index (χ4n) is 4.99. The molecule has 2 aromatic rings. The van der Waals surface area contributed by atoms with Crippen LogP contribution in [-0.2, 0) is 21.4 Å². The van der Waals surface area contributed by atoms with Gasteiger partial charge in [-0.05, 0) is 38.3 Å². The minimum atomic E-state index is -4.10. The Kier molecular flexibility index (Phi) is 17.6. The summed E-state index contributed by atoms with van der Waals surface area (Å²) in [5.41, 5.74) is 0.853. The molecule has 2 rings (SSSR count). The standard InChI is InChI=1S/C32H52N4O7S2/c1-4-5-6-7-10-13-16-28(39)29(40)17-14-11-8-9-12-15-20-33-30(41)25-18-19-26(22-37)27(21-25)36-45(42,43)31-23(2)34-32(44-31)35-24(3)38/h18-19,21,28-29,36-37,39-40H,4-17,20,22H2,1-3H3,(H,33,41)(H,34,35,38). The van der Waals surface area contributed by atoms with Gasteiger partial charge in [0, 0.05) is 24.6 Å². The van der Waals surface area contributed by atoms with E-state index in [1.54, 1.807) is 0 Å². The number of sulfonamides is 1. The number of aliphatic hydroxyl groups excluding tert-OH is 3. The van der Waals surface area contributed by atoms with Gasteiger partial charge in [-0.1, -0.05) is 95.0 Å². The maximum absolute atomic E-state index is 13.1. The summed E-state index contributed by atoms with van der Waals surface area (Å²) < 4.78 is 28.5. The van der Waals surface area contributed by atoms with Gasteiger partial charge in [-0.15, -0.1) is 0 Å². The molecule has 0 saturated carbocycles. The fourth-order valence-corrected chi connectivity index (χ4v) is 7.54. The number of thiazole rings is 1. The first-order valence-corrected chi connectivity index (χ1v) is 18.4. The lowest BCUT2D eigenvalue weighted by Gasteiger charge is -2.17. The van der Waals surface area contributed by atoms with E-state index >= 15 is 0 Å². The van der Waals surface area contributed by atoms with Gasteiger partial charge in [0.1, 0.15) is 0 Å². The molecular formula is C32H52N4O7S2. The van der Waals surface area contributed by atoms with E-state index in [2.05, 4.69) is 27.3 Å². The van der Waals surface area contributed by atoms with Gasteiger partial charge in [0.2, 0.25) is 5.91 Å². The van der Waals surface area contributed by atoms with Gasteiger partial charge in [-0.2, -0.15) is 0 Å². The van der Waals surface area contributed by atoms with Crippen LogP contribution in [0.2, 0.25) is 0 Å². The molecule has 2 amide bonds. The molecule has 13 heteroatoms. The molecule has 1 aromatic heterocycles. The fraction of sp³-hybridized carbons (Fsp3) is 0.656. The molecule has 11 nitrogen and oxygen atoms in total. The Hall–Kier alpha value is -2.58. The Balaban J connectivity index is 1.71. The number of nitrogens with zero attached hydrogens (tertiary/aromatic N) is 1. The van der Waals surface area contributed by atoms with Gasteiger partial charge in [-0.3, -0.25) is 14.3 Å². The number of aromatic nitrogens is 1. The van der Waals surface area contributed by atoms with Crippen LogP contribution in [0, 0.1) is 6.92 Å². The average molecular weight is 669 g/mol. The molecule has 45 heavy (non-hydrogen) atoms. The maximum atomic E-state index is 13.1. The monoisotopic (exact) mass is 668 g/mol. The first-order valence-electron chi connectivity index (χ1n) is 16.1. The minimum absolute atomic E-state index is 0.0812. The second-order valence-electron chi connectivity index (χ2n) is 11.6. The van der Waals surface area contributed by atoms with Crippen molar-refractivity contribution in [1.82, 2.24) is 10.3 Å². The summed E-state index contributed by atoms with van der Waals surface area (Å²) in [5.74, 6) is -0.723. The first-order chi connectivity index (χ1) is 21.5. The highest BCUT2D eigenvalue weighted by Crippen LogP contribution is 2.30. The minimum Gasteiger partial charge on any atom is -0.392 e. The highest BCUT2D eigenvalue weighted by molar-refractivity contribution is 7.94. The van der Waals surface area contributed by atoms with E-state index in [0.717, 1.165) is 62.7 Å². The van der Waals surface area contributed by atoms with Crippen molar-refractivity contribution < 1.29 is 33.3 Å². The third kappa shape index (κ3) is 14.2. The molecule has 1 heterocycles. The third-order valence-corrected chi connectivity index (χ3v) is 10.6. The highest BCUT2D eigenvalue weighted by atomic mass is 32.2. The number of nitrogens with one attached hydrogen (secondary N) is 3. The van der Waals surface area contributed by atoms with Crippen molar-refractivity contribution >= 4 is 44.0 Å². The van der Waals surface area contributed by atoms with Gasteiger partial charge >= 0.3 is 0 Å². The molecule has 254 valence electrons. The molecule has 0 saturated heterocycles. The van der Waals surface area contributed by atoms with E-state index in [9.17, 15) is 33.3 Å².